The van der Waals surface area contributed by atoms with Crippen molar-refractivity contribution in [1.82, 2.24) is 10.2 Å². The molecule has 1 unspecified atom stereocenters. The maximum Gasteiger partial charge on any atom is 0.305 e. The summed E-state index contributed by atoms with van der Waals surface area (Å²) in [5.41, 5.74) is 0. The minimum absolute atomic E-state index is 0.0610. The third-order valence-electron chi connectivity index (χ3n) is 3.28. The van der Waals surface area contributed by atoms with Gasteiger partial charge in [0.1, 0.15) is 0 Å². The van der Waals surface area contributed by atoms with Crippen LogP contribution in [0.3, 0.4) is 0 Å². The van der Waals surface area contributed by atoms with E-state index >= 15 is 0 Å². The molecular weight excluding hydrogens is 240 g/mol. The number of hydrogen-bond donors (Lipinski definition) is 2. The van der Waals surface area contributed by atoms with Gasteiger partial charge >= 0.3 is 5.97 Å². The average Bonchev–Trinajstić information content (AvgIpc) is 2.81. The van der Waals surface area contributed by atoms with Crippen LogP contribution in [-0.2, 0) is 9.59 Å². The van der Waals surface area contributed by atoms with Crippen molar-refractivity contribution in [3.8, 4) is 0 Å². The van der Waals surface area contributed by atoms with Gasteiger partial charge in [-0.3, -0.25) is 9.59 Å². The number of aliphatic carboxylic acids is 1. The summed E-state index contributed by atoms with van der Waals surface area (Å²) in [6.07, 6.45) is 1.97. The Hall–Kier alpha value is -0.750. The fourth-order valence-corrected chi connectivity index (χ4v) is 3.47. The second-order valence-corrected chi connectivity index (χ2v) is 5.66. The Bertz CT molecular complexity index is 305. The van der Waals surface area contributed by atoms with Crippen LogP contribution in [0.4, 0.5) is 0 Å². The van der Waals surface area contributed by atoms with Crippen molar-refractivity contribution in [2.45, 2.75) is 31.3 Å². The number of carbonyl (C=O) groups is 2. The molecule has 2 aliphatic rings. The fourth-order valence-electron chi connectivity index (χ4n) is 2.41. The van der Waals surface area contributed by atoms with Gasteiger partial charge in [0, 0.05) is 18.1 Å². The summed E-state index contributed by atoms with van der Waals surface area (Å²) >= 11 is 1.73. The maximum absolute atomic E-state index is 12.3. The van der Waals surface area contributed by atoms with Gasteiger partial charge in [-0.1, -0.05) is 0 Å². The zero-order chi connectivity index (χ0) is 12.3. The van der Waals surface area contributed by atoms with Crippen molar-refractivity contribution in [3.05, 3.63) is 0 Å². The zero-order valence-electron chi connectivity index (χ0n) is 9.72. The lowest BCUT2D eigenvalue weighted by Crippen LogP contribution is -2.52. The van der Waals surface area contributed by atoms with Crippen LogP contribution in [0.25, 0.3) is 0 Å². The third kappa shape index (κ3) is 3.13. The van der Waals surface area contributed by atoms with Gasteiger partial charge in [0.2, 0.25) is 5.91 Å². The molecule has 1 amide bonds. The number of amides is 1. The highest BCUT2D eigenvalue weighted by Gasteiger charge is 2.33. The van der Waals surface area contributed by atoms with Gasteiger partial charge in [-0.2, -0.15) is 11.8 Å². The highest BCUT2D eigenvalue weighted by molar-refractivity contribution is 7.99. The fraction of sp³-hybridized carbons (Fsp3) is 0.818. The molecule has 6 heteroatoms. The molecule has 2 rings (SSSR count). The van der Waals surface area contributed by atoms with E-state index in [0.717, 1.165) is 30.9 Å². The lowest BCUT2D eigenvalue weighted by atomic mass is 10.1. The topological polar surface area (TPSA) is 69.6 Å². The molecule has 2 aliphatic heterocycles. The predicted octanol–water partition coefficient (Wildman–Crippen LogP) is 0.157. The molecule has 2 atom stereocenters. The highest BCUT2D eigenvalue weighted by atomic mass is 32.2. The number of carboxylic acid groups (broad SMARTS) is 1. The molecule has 0 aromatic carbocycles. The molecular formula is C11H18N2O3S. The first kappa shape index (κ1) is 12.7. The number of carboxylic acids is 1. The van der Waals surface area contributed by atoms with Crippen LogP contribution in [0.5, 0.6) is 0 Å². The number of thioether (sulfide) groups is 1. The standard InChI is InChI=1S/C11H18N2O3S/c14-10(15)6-8-7-17-5-4-13(8)11(16)9-2-1-3-12-9/h8-9,12H,1-7H2,(H,14,15)/t8?,9-/m1/s1. The van der Waals surface area contributed by atoms with E-state index in [9.17, 15) is 9.59 Å². The van der Waals surface area contributed by atoms with Crippen LogP contribution in [-0.4, -0.2) is 58.6 Å². The molecule has 96 valence electrons. The Balaban J connectivity index is 1.99. The lowest BCUT2D eigenvalue weighted by molar-refractivity contribution is -0.141. The molecule has 2 saturated heterocycles. The van der Waals surface area contributed by atoms with Gasteiger partial charge in [0.05, 0.1) is 18.5 Å². The van der Waals surface area contributed by atoms with E-state index < -0.39 is 5.97 Å². The van der Waals surface area contributed by atoms with Crippen LogP contribution >= 0.6 is 11.8 Å². The van der Waals surface area contributed by atoms with Crippen molar-refractivity contribution in [2.75, 3.05) is 24.6 Å². The highest BCUT2D eigenvalue weighted by Crippen LogP contribution is 2.21. The van der Waals surface area contributed by atoms with E-state index in [-0.39, 0.29) is 24.4 Å². The van der Waals surface area contributed by atoms with Crippen LogP contribution in [0.2, 0.25) is 0 Å². The summed E-state index contributed by atoms with van der Waals surface area (Å²) < 4.78 is 0. The van der Waals surface area contributed by atoms with E-state index in [1.54, 1.807) is 16.7 Å². The SMILES string of the molecule is O=C(O)CC1CSCCN1C(=O)[C@H]1CCCN1. The zero-order valence-corrected chi connectivity index (χ0v) is 10.5. The Kier molecular flexibility index (Phi) is 4.28. The molecule has 2 fully saturated rings. The van der Waals surface area contributed by atoms with Gasteiger partial charge in [0.25, 0.3) is 0 Å². The van der Waals surface area contributed by atoms with Crippen LogP contribution in [0.15, 0.2) is 0 Å². The van der Waals surface area contributed by atoms with Crippen molar-refractivity contribution < 1.29 is 14.7 Å². The molecule has 0 aliphatic carbocycles. The predicted molar refractivity (Wildman–Crippen MR) is 66.1 cm³/mol. The maximum atomic E-state index is 12.3. The Morgan fingerprint density at radius 1 is 1.47 bits per heavy atom. The summed E-state index contributed by atoms with van der Waals surface area (Å²) in [7, 11) is 0. The smallest absolute Gasteiger partial charge is 0.305 e. The van der Waals surface area contributed by atoms with Gasteiger partial charge < -0.3 is 15.3 Å². The molecule has 0 bridgehead atoms. The summed E-state index contributed by atoms with van der Waals surface area (Å²) in [6, 6.07) is -0.226. The number of nitrogens with zero attached hydrogens (tertiary/aromatic N) is 1. The molecule has 0 radical (unpaired) electrons. The molecule has 0 aromatic rings. The summed E-state index contributed by atoms with van der Waals surface area (Å²) in [5.74, 6) is 0.919. The largest absolute Gasteiger partial charge is 0.481 e. The summed E-state index contributed by atoms with van der Waals surface area (Å²) in [5, 5.41) is 12.0. The number of hydrogen-bond acceptors (Lipinski definition) is 4. The van der Waals surface area contributed by atoms with E-state index in [1.807, 2.05) is 0 Å². The first-order valence-electron chi connectivity index (χ1n) is 6.02. The normalized spacial score (nSPS) is 29.3. The first-order chi connectivity index (χ1) is 8.18. The van der Waals surface area contributed by atoms with Gasteiger partial charge in [-0.25, -0.2) is 0 Å². The van der Waals surface area contributed by atoms with Crippen molar-refractivity contribution in [1.29, 1.82) is 0 Å². The molecule has 0 spiro atoms. The Morgan fingerprint density at radius 3 is 2.94 bits per heavy atom. The first-order valence-corrected chi connectivity index (χ1v) is 7.17. The Labute approximate surface area is 105 Å². The van der Waals surface area contributed by atoms with Crippen molar-refractivity contribution in [2.24, 2.45) is 0 Å². The molecule has 2 N–H and O–H groups in total. The van der Waals surface area contributed by atoms with Crippen LogP contribution in [0.1, 0.15) is 19.3 Å². The van der Waals surface area contributed by atoms with Crippen LogP contribution in [0, 0.1) is 0 Å². The van der Waals surface area contributed by atoms with Gasteiger partial charge in [-0.05, 0) is 19.4 Å². The van der Waals surface area contributed by atoms with E-state index in [0.29, 0.717) is 6.54 Å². The van der Waals surface area contributed by atoms with Crippen LogP contribution < -0.4 is 5.32 Å². The second-order valence-electron chi connectivity index (χ2n) is 4.51. The third-order valence-corrected chi connectivity index (χ3v) is 4.37. The minimum Gasteiger partial charge on any atom is -0.481 e. The van der Waals surface area contributed by atoms with E-state index in [2.05, 4.69) is 5.32 Å². The lowest BCUT2D eigenvalue weighted by Gasteiger charge is -2.36. The quantitative estimate of drug-likeness (QED) is 0.754. The van der Waals surface area contributed by atoms with Gasteiger partial charge in [-0.15, -0.1) is 0 Å². The van der Waals surface area contributed by atoms with Crippen molar-refractivity contribution in [3.63, 3.8) is 0 Å². The average molecular weight is 258 g/mol. The monoisotopic (exact) mass is 258 g/mol. The number of rotatable bonds is 3. The number of nitrogens with one attached hydrogen (secondary N) is 1. The van der Waals surface area contributed by atoms with Gasteiger partial charge in [0.15, 0.2) is 0 Å². The molecule has 0 aromatic heterocycles. The van der Waals surface area contributed by atoms with E-state index in [1.165, 1.54) is 0 Å². The summed E-state index contributed by atoms with van der Waals surface area (Å²) in [4.78, 5) is 24.8. The molecule has 2 heterocycles. The molecule has 0 saturated carbocycles. The second kappa shape index (κ2) is 5.73. The van der Waals surface area contributed by atoms with E-state index in [4.69, 9.17) is 5.11 Å². The summed E-state index contributed by atoms with van der Waals surface area (Å²) in [6.45, 7) is 1.57. The Morgan fingerprint density at radius 2 is 2.29 bits per heavy atom. The number of carbonyl (C=O) groups excluding carboxylic acids is 1. The molecule has 5 nitrogen and oxygen atoms in total. The molecule has 17 heavy (non-hydrogen) atoms. The minimum atomic E-state index is -0.824. The van der Waals surface area contributed by atoms with Crippen molar-refractivity contribution >= 4 is 23.6 Å².